The number of nitrogens with one attached hydrogen (secondary N) is 2. The minimum atomic E-state index is -0.459. The number of nitrogens with zero attached hydrogens (tertiary/aromatic N) is 3. The molecule has 7 heteroatoms. The number of para-hydroxylation sites is 1. The quantitative estimate of drug-likeness (QED) is 0.513. The average Bonchev–Trinajstić information content (AvgIpc) is 2.55. The molecule has 0 unspecified atom stereocenters. The van der Waals surface area contributed by atoms with Gasteiger partial charge in [0.1, 0.15) is 0 Å². The Morgan fingerprint density at radius 3 is 2.32 bits per heavy atom. The van der Waals surface area contributed by atoms with Gasteiger partial charge in [0.2, 0.25) is 0 Å². The zero-order valence-electron chi connectivity index (χ0n) is 11.8. The second-order valence-electron chi connectivity index (χ2n) is 4.29. The third kappa shape index (κ3) is 3.23. The molecule has 2 aromatic carbocycles. The van der Waals surface area contributed by atoms with E-state index < -0.39 is 5.91 Å². The third-order valence-electron chi connectivity index (χ3n) is 2.95. The molecule has 2 aromatic rings. The molecular formula is C15H13N5O2. The highest BCUT2D eigenvalue weighted by atomic mass is 16.2. The number of hydrogen-bond acceptors (Lipinski definition) is 3. The van der Waals surface area contributed by atoms with Gasteiger partial charge in [0.05, 0.1) is 16.9 Å². The first-order valence-corrected chi connectivity index (χ1v) is 6.44. The first-order chi connectivity index (χ1) is 10.7. The molecule has 0 aliphatic rings. The van der Waals surface area contributed by atoms with E-state index >= 15 is 0 Å². The highest BCUT2D eigenvalue weighted by Gasteiger charge is 2.14. The normalized spacial score (nSPS) is 9.50. The molecule has 7 nitrogen and oxygen atoms in total. The van der Waals surface area contributed by atoms with Gasteiger partial charge < -0.3 is 10.6 Å². The molecule has 2 N–H and O–H groups in total. The fourth-order valence-electron chi connectivity index (χ4n) is 1.92. The van der Waals surface area contributed by atoms with Crippen LogP contribution >= 0.6 is 0 Å². The Hall–Kier alpha value is -3.31. The van der Waals surface area contributed by atoms with Gasteiger partial charge in [-0.3, -0.25) is 9.59 Å². The zero-order chi connectivity index (χ0) is 15.9. The van der Waals surface area contributed by atoms with Crippen LogP contribution in [0.25, 0.3) is 10.4 Å². The summed E-state index contributed by atoms with van der Waals surface area (Å²) >= 11 is 0. The van der Waals surface area contributed by atoms with Gasteiger partial charge >= 0.3 is 0 Å². The van der Waals surface area contributed by atoms with Crippen LogP contribution in [-0.4, -0.2) is 18.9 Å². The van der Waals surface area contributed by atoms with E-state index in [2.05, 4.69) is 20.7 Å². The summed E-state index contributed by atoms with van der Waals surface area (Å²) < 4.78 is 0. The van der Waals surface area contributed by atoms with Crippen LogP contribution in [0.3, 0.4) is 0 Å². The lowest BCUT2D eigenvalue weighted by molar-refractivity contribution is 0.0964. The maximum atomic E-state index is 12.3. The summed E-state index contributed by atoms with van der Waals surface area (Å²) in [5, 5.41) is 8.65. The lowest BCUT2D eigenvalue weighted by Crippen LogP contribution is -2.21. The van der Waals surface area contributed by atoms with E-state index in [4.69, 9.17) is 5.53 Å². The largest absolute Gasteiger partial charge is 0.355 e. The van der Waals surface area contributed by atoms with Crippen molar-refractivity contribution in [2.45, 2.75) is 0 Å². The first kappa shape index (κ1) is 15.1. The molecule has 0 atom stereocenters. The molecule has 0 saturated carbocycles. The van der Waals surface area contributed by atoms with Gasteiger partial charge in [-0.05, 0) is 23.7 Å². The topological polar surface area (TPSA) is 107 Å². The fraction of sp³-hybridized carbons (Fsp3) is 0.0667. The van der Waals surface area contributed by atoms with Gasteiger partial charge in [0.25, 0.3) is 11.8 Å². The fourth-order valence-corrected chi connectivity index (χ4v) is 1.92. The van der Waals surface area contributed by atoms with Crippen LogP contribution < -0.4 is 10.6 Å². The Kier molecular flexibility index (Phi) is 4.74. The summed E-state index contributed by atoms with van der Waals surface area (Å²) in [6.07, 6.45) is 0. The molecule has 0 spiro atoms. The van der Waals surface area contributed by atoms with E-state index in [9.17, 15) is 9.59 Å². The van der Waals surface area contributed by atoms with E-state index in [1.807, 2.05) is 0 Å². The smallest absolute Gasteiger partial charge is 0.256 e. The van der Waals surface area contributed by atoms with E-state index in [0.29, 0.717) is 11.3 Å². The number of azide groups is 1. The predicted octanol–water partition coefficient (Wildman–Crippen LogP) is 3.24. The Labute approximate surface area is 126 Å². The van der Waals surface area contributed by atoms with Crippen LogP contribution in [-0.2, 0) is 0 Å². The van der Waals surface area contributed by atoms with Crippen LogP contribution in [0.4, 0.5) is 11.4 Å². The molecule has 0 aromatic heterocycles. The molecule has 0 bridgehead atoms. The zero-order valence-corrected chi connectivity index (χ0v) is 11.8. The third-order valence-corrected chi connectivity index (χ3v) is 2.95. The number of anilines is 1. The lowest BCUT2D eigenvalue weighted by atomic mass is 10.1. The van der Waals surface area contributed by atoms with Crippen LogP contribution in [0.5, 0.6) is 0 Å². The van der Waals surface area contributed by atoms with Crippen molar-refractivity contribution in [3.8, 4) is 0 Å². The number of hydrogen-bond donors (Lipinski definition) is 2. The van der Waals surface area contributed by atoms with Crippen molar-refractivity contribution in [2.75, 3.05) is 12.4 Å². The number of benzene rings is 2. The highest BCUT2D eigenvalue weighted by molar-refractivity contribution is 6.11. The van der Waals surface area contributed by atoms with Crippen LogP contribution in [0.15, 0.2) is 53.6 Å². The molecule has 2 amide bonds. The standard InChI is InChI=1S/C15H13N5O2/c1-17-14(21)10-6-2-4-8-12(10)18-15(22)11-7-3-5-9-13(11)19-20-16/h2-9H,1H3,(H,17,21)(H,18,22). The maximum Gasteiger partial charge on any atom is 0.256 e. The monoisotopic (exact) mass is 295 g/mol. The summed E-state index contributed by atoms with van der Waals surface area (Å²) in [6, 6.07) is 13.1. The highest BCUT2D eigenvalue weighted by Crippen LogP contribution is 2.22. The summed E-state index contributed by atoms with van der Waals surface area (Å²) in [6.45, 7) is 0. The SMILES string of the molecule is CNC(=O)c1ccccc1NC(=O)c1ccccc1N=[N+]=[N-]. The maximum absolute atomic E-state index is 12.3. The Balaban J connectivity index is 2.34. The molecule has 0 aliphatic carbocycles. The van der Waals surface area contributed by atoms with Gasteiger partial charge in [0, 0.05) is 17.5 Å². The number of rotatable bonds is 4. The van der Waals surface area contributed by atoms with Crippen molar-refractivity contribution in [1.29, 1.82) is 0 Å². The summed E-state index contributed by atoms with van der Waals surface area (Å²) in [4.78, 5) is 26.8. The molecule has 22 heavy (non-hydrogen) atoms. The van der Waals surface area contributed by atoms with E-state index in [0.717, 1.165) is 0 Å². The molecule has 0 aliphatic heterocycles. The average molecular weight is 295 g/mol. The number of amides is 2. The number of carbonyl (C=O) groups excluding carboxylic acids is 2. The molecule has 0 saturated heterocycles. The van der Waals surface area contributed by atoms with Crippen LogP contribution in [0, 0.1) is 0 Å². The minimum absolute atomic E-state index is 0.222. The van der Waals surface area contributed by atoms with E-state index in [1.54, 1.807) is 48.5 Å². The molecule has 2 rings (SSSR count). The minimum Gasteiger partial charge on any atom is -0.355 e. The van der Waals surface area contributed by atoms with Crippen LogP contribution in [0.1, 0.15) is 20.7 Å². The Bertz CT molecular complexity index is 766. The van der Waals surface area contributed by atoms with Gasteiger partial charge in [-0.1, -0.05) is 35.4 Å². The molecular weight excluding hydrogens is 282 g/mol. The first-order valence-electron chi connectivity index (χ1n) is 6.44. The van der Waals surface area contributed by atoms with Crippen molar-refractivity contribution < 1.29 is 9.59 Å². The molecule has 110 valence electrons. The Morgan fingerprint density at radius 2 is 1.64 bits per heavy atom. The van der Waals surface area contributed by atoms with Gasteiger partial charge in [0.15, 0.2) is 0 Å². The lowest BCUT2D eigenvalue weighted by Gasteiger charge is -2.11. The second-order valence-corrected chi connectivity index (χ2v) is 4.29. The Morgan fingerprint density at radius 1 is 1.00 bits per heavy atom. The van der Waals surface area contributed by atoms with Gasteiger partial charge in [-0.15, -0.1) is 0 Å². The predicted molar refractivity (Wildman–Crippen MR) is 83.0 cm³/mol. The summed E-state index contributed by atoms with van der Waals surface area (Å²) in [5.41, 5.74) is 9.71. The van der Waals surface area contributed by atoms with E-state index in [-0.39, 0.29) is 17.2 Å². The molecule has 0 fully saturated rings. The van der Waals surface area contributed by atoms with Crippen molar-refractivity contribution in [2.24, 2.45) is 5.11 Å². The van der Waals surface area contributed by atoms with Crippen molar-refractivity contribution in [3.63, 3.8) is 0 Å². The van der Waals surface area contributed by atoms with Gasteiger partial charge in [-0.2, -0.15) is 0 Å². The van der Waals surface area contributed by atoms with Crippen molar-refractivity contribution >= 4 is 23.2 Å². The van der Waals surface area contributed by atoms with E-state index in [1.165, 1.54) is 7.05 Å². The van der Waals surface area contributed by atoms with Crippen molar-refractivity contribution in [1.82, 2.24) is 5.32 Å². The van der Waals surface area contributed by atoms with Gasteiger partial charge in [-0.25, -0.2) is 0 Å². The summed E-state index contributed by atoms with van der Waals surface area (Å²) in [7, 11) is 1.51. The second kappa shape index (κ2) is 6.92. The molecule has 0 heterocycles. The van der Waals surface area contributed by atoms with Crippen molar-refractivity contribution in [3.05, 3.63) is 70.1 Å². The number of carbonyl (C=O) groups is 2. The van der Waals surface area contributed by atoms with Crippen LogP contribution in [0.2, 0.25) is 0 Å². The molecule has 0 radical (unpaired) electrons. The summed E-state index contributed by atoms with van der Waals surface area (Å²) in [5.74, 6) is -0.765.